The van der Waals surface area contributed by atoms with Crippen molar-refractivity contribution in [2.75, 3.05) is 4.90 Å². The summed E-state index contributed by atoms with van der Waals surface area (Å²) >= 11 is 0. The van der Waals surface area contributed by atoms with E-state index < -0.39 is 0 Å². The van der Waals surface area contributed by atoms with Crippen molar-refractivity contribution in [1.29, 1.82) is 0 Å². The third-order valence-corrected chi connectivity index (χ3v) is 10.6. The zero-order valence-electron chi connectivity index (χ0n) is 26.2. The van der Waals surface area contributed by atoms with E-state index in [0.29, 0.717) is 0 Å². The van der Waals surface area contributed by atoms with E-state index in [1.807, 2.05) is 0 Å². The third kappa shape index (κ3) is 3.68. The molecule has 0 radical (unpaired) electrons. The molecule has 0 atom stereocenters. The molecule has 0 saturated heterocycles. The smallest absolute Gasteiger partial charge is 0.0468 e. The number of rotatable bonds is 3. The van der Waals surface area contributed by atoms with Crippen molar-refractivity contribution in [1.82, 2.24) is 0 Å². The van der Waals surface area contributed by atoms with E-state index in [2.05, 4.69) is 172 Å². The molecule has 7 aromatic rings. The molecule has 0 heterocycles. The molecular formula is C44H35N. The number of para-hydroxylation sites is 1. The number of anilines is 3. The van der Waals surface area contributed by atoms with Crippen LogP contribution in [-0.4, -0.2) is 0 Å². The molecule has 216 valence electrons. The van der Waals surface area contributed by atoms with E-state index >= 15 is 0 Å². The molecule has 45 heavy (non-hydrogen) atoms. The molecule has 1 heteroatoms. The first kappa shape index (κ1) is 26.3. The molecule has 0 fully saturated rings. The maximum absolute atomic E-state index is 2.47. The van der Waals surface area contributed by atoms with E-state index in [0.717, 1.165) is 11.4 Å². The summed E-state index contributed by atoms with van der Waals surface area (Å²) in [5.41, 5.74) is 14.5. The van der Waals surface area contributed by atoms with Crippen LogP contribution in [0.5, 0.6) is 0 Å². The fraction of sp³-hybridized carbons (Fsp3) is 0.136. The highest BCUT2D eigenvalue weighted by Crippen LogP contribution is 2.52. The summed E-state index contributed by atoms with van der Waals surface area (Å²) < 4.78 is 0. The summed E-state index contributed by atoms with van der Waals surface area (Å²) in [5, 5.41) is 5.14. The second kappa shape index (κ2) is 9.19. The molecule has 0 N–H and O–H groups in total. The normalized spacial score (nSPS) is 15.0. The van der Waals surface area contributed by atoms with Crippen LogP contribution >= 0.6 is 0 Å². The van der Waals surface area contributed by atoms with Crippen molar-refractivity contribution < 1.29 is 0 Å². The number of benzene rings is 7. The van der Waals surface area contributed by atoms with Gasteiger partial charge in [0.25, 0.3) is 0 Å². The van der Waals surface area contributed by atoms with Crippen molar-refractivity contribution in [2.45, 2.75) is 38.5 Å². The van der Waals surface area contributed by atoms with Crippen LogP contribution in [0.4, 0.5) is 17.1 Å². The van der Waals surface area contributed by atoms with E-state index in [1.165, 1.54) is 71.7 Å². The van der Waals surface area contributed by atoms with Gasteiger partial charge in [-0.15, -0.1) is 0 Å². The summed E-state index contributed by atoms with van der Waals surface area (Å²) in [6.07, 6.45) is 0. The van der Waals surface area contributed by atoms with Gasteiger partial charge in [0, 0.05) is 27.9 Å². The van der Waals surface area contributed by atoms with Gasteiger partial charge in [0.2, 0.25) is 0 Å². The second-order valence-electron chi connectivity index (χ2n) is 13.8. The Kier molecular flexibility index (Phi) is 5.37. The first-order chi connectivity index (χ1) is 21.8. The molecule has 1 nitrogen and oxygen atoms in total. The first-order valence-electron chi connectivity index (χ1n) is 16.0. The summed E-state index contributed by atoms with van der Waals surface area (Å²) in [6, 6.07) is 52.1. The average molecular weight is 578 g/mol. The van der Waals surface area contributed by atoms with Gasteiger partial charge >= 0.3 is 0 Å². The lowest BCUT2D eigenvalue weighted by Crippen LogP contribution is -2.15. The Morgan fingerprint density at radius 2 is 0.867 bits per heavy atom. The largest absolute Gasteiger partial charge is 0.310 e. The predicted octanol–water partition coefficient (Wildman–Crippen LogP) is 12.1. The lowest BCUT2D eigenvalue weighted by Gasteiger charge is -2.27. The Balaban J connectivity index is 1.26. The van der Waals surface area contributed by atoms with E-state index in [4.69, 9.17) is 0 Å². The second-order valence-corrected chi connectivity index (χ2v) is 13.8. The first-order valence-corrected chi connectivity index (χ1v) is 16.0. The highest BCUT2D eigenvalue weighted by atomic mass is 15.1. The molecule has 0 unspecified atom stereocenters. The molecule has 2 aliphatic carbocycles. The minimum atomic E-state index is -0.0373. The summed E-state index contributed by atoms with van der Waals surface area (Å²) in [5.74, 6) is 0. The highest BCUT2D eigenvalue weighted by molar-refractivity contribution is 6.11. The molecule has 0 saturated carbocycles. The number of hydrogen-bond donors (Lipinski definition) is 0. The topological polar surface area (TPSA) is 3.24 Å². The maximum atomic E-state index is 2.47. The summed E-state index contributed by atoms with van der Waals surface area (Å²) in [6.45, 7) is 9.42. The standard InChI is InChI=1S/C44H35N/c1-43(2)39-16-10-9-15-34(39)38-26-32(22-23-41(38)43)45(30-12-6-5-7-13-30)31-21-20-28-18-19-29-24-37-33-14-8-11-17-40(33)44(3,4)42(37)27-36(29)35(28)25-31/h5-27H,1-4H3. The monoisotopic (exact) mass is 577 g/mol. The average Bonchev–Trinajstić information content (AvgIpc) is 3.43. The van der Waals surface area contributed by atoms with Gasteiger partial charge in [-0.2, -0.15) is 0 Å². The van der Waals surface area contributed by atoms with Gasteiger partial charge in [-0.1, -0.05) is 119 Å². The number of fused-ring (bicyclic) bond motifs is 9. The maximum Gasteiger partial charge on any atom is 0.0468 e. The van der Waals surface area contributed by atoms with Gasteiger partial charge in [-0.25, -0.2) is 0 Å². The van der Waals surface area contributed by atoms with Crippen molar-refractivity contribution >= 4 is 38.6 Å². The molecule has 0 spiro atoms. The minimum Gasteiger partial charge on any atom is -0.310 e. The van der Waals surface area contributed by atoms with E-state index in [9.17, 15) is 0 Å². The van der Waals surface area contributed by atoms with Crippen LogP contribution in [0, 0.1) is 0 Å². The Morgan fingerprint density at radius 1 is 0.356 bits per heavy atom. The van der Waals surface area contributed by atoms with Crippen LogP contribution < -0.4 is 4.90 Å². The van der Waals surface area contributed by atoms with Gasteiger partial charge in [0.15, 0.2) is 0 Å². The van der Waals surface area contributed by atoms with Gasteiger partial charge < -0.3 is 4.90 Å². The lowest BCUT2D eigenvalue weighted by atomic mass is 9.81. The predicted molar refractivity (Wildman–Crippen MR) is 191 cm³/mol. The lowest BCUT2D eigenvalue weighted by molar-refractivity contribution is 0.660. The molecule has 0 aliphatic heterocycles. The summed E-state index contributed by atoms with van der Waals surface area (Å²) in [7, 11) is 0. The van der Waals surface area contributed by atoms with Crippen LogP contribution in [0.25, 0.3) is 43.8 Å². The molecular weight excluding hydrogens is 542 g/mol. The molecule has 2 aliphatic rings. The quantitative estimate of drug-likeness (QED) is 0.189. The van der Waals surface area contributed by atoms with Gasteiger partial charge in [-0.3, -0.25) is 0 Å². The highest BCUT2D eigenvalue weighted by Gasteiger charge is 2.36. The Morgan fingerprint density at radius 3 is 1.60 bits per heavy atom. The van der Waals surface area contributed by atoms with Crippen LogP contribution in [0.3, 0.4) is 0 Å². The van der Waals surface area contributed by atoms with Crippen molar-refractivity contribution in [3.8, 4) is 22.3 Å². The Hall–Kier alpha value is -5.14. The van der Waals surface area contributed by atoms with Crippen LogP contribution in [-0.2, 0) is 10.8 Å². The zero-order chi connectivity index (χ0) is 30.5. The van der Waals surface area contributed by atoms with Gasteiger partial charge in [-0.05, 0) is 115 Å². The van der Waals surface area contributed by atoms with E-state index in [1.54, 1.807) is 0 Å². The van der Waals surface area contributed by atoms with Crippen LogP contribution in [0.15, 0.2) is 140 Å². The van der Waals surface area contributed by atoms with Crippen molar-refractivity contribution in [3.05, 3.63) is 162 Å². The fourth-order valence-corrected chi connectivity index (χ4v) is 8.25. The van der Waals surface area contributed by atoms with Crippen LogP contribution in [0.1, 0.15) is 49.9 Å². The molecule has 0 amide bonds. The SMILES string of the molecule is CC1(C)c2ccccc2-c2cc(N(c3ccccc3)c3ccc4ccc5cc6c(cc5c4c3)C(C)(C)c3ccccc3-6)ccc21. The molecule has 9 rings (SSSR count). The number of hydrogen-bond acceptors (Lipinski definition) is 1. The minimum absolute atomic E-state index is 0.0163. The van der Waals surface area contributed by atoms with Gasteiger partial charge in [0.1, 0.15) is 0 Å². The number of nitrogens with zero attached hydrogens (tertiary/aromatic N) is 1. The van der Waals surface area contributed by atoms with E-state index in [-0.39, 0.29) is 10.8 Å². The molecule has 0 aromatic heterocycles. The molecule has 7 aromatic carbocycles. The van der Waals surface area contributed by atoms with Gasteiger partial charge in [0.05, 0.1) is 0 Å². The van der Waals surface area contributed by atoms with Crippen molar-refractivity contribution in [3.63, 3.8) is 0 Å². The molecule has 0 bridgehead atoms. The Bertz CT molecular complexity index is 2320. The zero-order valence-corrected chi connectivity index (χ0v) is 26.2. The summed E-state index contributed by atoms with van der Waals surface area (Å²) in [4.78, 5) is 2.42. The third-order valence-electron chi connectivity index (χ3n) is 10.6. The van der Waals surface area contributed by atoms with Crippen molar-refractivity contribution in [2.24, 2.45) is 0 Å². The Labute approximate surface area is 265 Å². The van der Waals surface area contributed by atoms with Crippen LogP contribution in [0.2, 0.25) is 0 Å². The fourth-order valence-electron chi connectivity index (χ4n) is 8.25.